The first kappa shape index (κ1) is 87.9. The van der Waals surface area contributed by atoms with E-state index in [-0.39, 0.29) is 58.7 Å². The van der Waals surface area contributed by atoms with Gasteiger partial charge in [0.05, 0.1) is 9.79 Å². The van der Waals surface area contributed by atoms with E-state index < -0.39 is 20.2 Å². The SMILES string of the molecule is CCCCCCCCCCCCCCCCc1ccc(S(=O)(=O)[O-])c2c(CCCCCCCCCCCCCCCC)cccc12.CCCCCCCCCCCCCCCCc1ccc(S(=O)(=O)[O-])c2c(CCCCCCCCCCCCCCCC)cccc12.[Ba+2]. The predicted octanol–water partition coefficient (Wildman–Crippen LogP) is 27.2. The maximum Gasteiger partial charge on any atom is 2.00 e. The Balaban J connectivity index is 0.000000627. The Morgan fingerprint density at radius 1 is 0.226 bits per heavy atom. The first-order valence-corrected chi connectivity index (χ1v) is 42.8. The molecule has 0 aliphatic heterocycles. The van der Waals surface area contributed by atoms with Crippen molar-refractivity contribution in [2.75, 3.05) is 0 Å². The Kier molecular flexibility index (Phi) is 56.4. The van der Waals surface area contributed by atoms with Crippen LogP contribution in [0.4, 0.5) is 0 Å². The fourth-order valence-corrected chi connectivity index (χ4v) is 15.8. The van der Waals surface area contributed by atoms with Gasteiger partial charge in [-0.2, -0.15) is 0 Å². The third kappa shape index (κ3) is 43.2. The molecule has 9 heteroatoms. The van der Waals surface area contributed by atoms with E-state index in [0.29, 0.717) is 10.8 Å². The summed E-state index contributed by atoms with van der Waals surface area (Å²) >= 11 is 0. The van der Waals surface area contributed by atoms with Crippen LogP contribution >= 0.6 is 0 Å². The third-order valence-corrected chi connectivity index (χ3v) is 21.9. The zero-order valence-electron chi connectivity index (χ0n) is 61.2. The average molecular weight is 1450 g/mol. The minimum Gasteiger partial charge on any atom is -0.744 e. The maximum absolute atomic E-state index is 12.3. The monoisotopic (exact) mass is 1450 g/mol. The van der Waals surface area contributed by atoms with Crippen LogP contribution in [0.15, 0.2) is 70.5 Å². The fraction of sp³-hybridized carbons (Fsp3) is 0.762. The van der Waals surface area contributed by atoms with E-state index >= 15 is 0 Å². The van der Waals surface area contributed by atoms with Crippen molar-refractivity contribution in [2.24, 2.45) is 0 Å². The van der Waals surface area contributed by atoms with Crippen molar-refractivity contribution in [1.82, 2.24) is 0 Å². The molecule has 0 atom stereocenters. The molecule has 4 rings (SSSR count). The molecule has 6 nitrogen and oxygen atoms in total. The number of rotatable bonds is 62. The van der Waals surface area contributed by atoms with Crippen LogP contribution in [0.25, 0.3) is 21.5 Å². The Labute approximate surface area is 616 Å². The van der Waals surface area contributed by atoms with E-state index in [1.807, 2.05) is 36.4 Å². The van der Waals surface area contributed by atoms with Crippen LogP contribution in [0.2, 0.25) is 0 Å². The van der Waals surface area contributed by atoms with Crippen molar-refractivity contribution in [3.05, 3.63) is 82.9 Å². The zero-order chi connectivity index (χ0) is 66.3. The molecular weight excluding hydrogens is 1310 g/mol. The molecule has 0 unspecified atom stereocenters. The summed E-state index contributed by atoms with van der Waals surface area (Å²) in [6.45, 7) is 9.11. The van der Waals surface area contributed by atoms with Crippen LogP contribution < -0.4 is 0 Å². The van der Waals surface area contributed by atoms with Gasteiger partial charge in [0.2, 0.25) is 0 Å². The zero-order valence-corrected chi connectivity index (χ0v) is 67.2. The molecule has 528 valence electrons. The van der Waals surface area contributed by atoms with E-state index in [2.05, 4.69) is 39.8 Å². The molecule has 0 N–H and O–H groups in total. The molecule has 0 bridgehead atoms. The van der Waals surface area contributed by atoms with Gasteiger partial charge in [0.15, 0.2) is 0 Å². The standard InChI is InChI=1S/2C42H72O3S.Ba/c2*1-3-5-7-9-11-13-15-17-19-21-23-25-27-29-32-38-36-37-41(46(43,44)45)42-39(34-31-35-40(38)42)33-30-28-26-24-22-20-18-16-14-12-10-8-6-4-2;/h2*31,34-37H,3-30,32-33H2,1-2H3,(H,43,44,45);/q;;+2/p-2. The molecule has 0 spiro atoms. The van der Waals surface area contributed by atoms with E-state index in [1.165, 1.54) is 332 Å². The van der Waals surface area contributed by atoms with E-state index in [1.54, 1.807) is 12.1 Å². The van der Waals surface area contributed by atoms with Crippen molar-refractivity contribution >= 4 is 90.7 Å². The smallest absolute Gasteiger partial charge is 0.744 e. The van der Waals surface area contributed by atoms with Gasteiger partial charge in [0.1, 0.15) is 20.2 Å². The molecule has 0 saturated heterocycles. The number of hydrogen-bond donors (Lipinski definition) is 0. The molecule has 0 aromatic heterocycles. The van der Waals surface area contributed by atoms with Gasteiger partial charge < -0.3 is 9.11 Å². The summed E-state index contributed by atoms with van der Waals surface area (Å²) in [4.78, 5) is -0.0682. The van der Waals surface area contributed by atoms with Crippen LogP contribution in [0.1, 0.15) is 410 Å². The quantitative estimate of drug-likeness (QED) is 0.0247. The molecule has 0 aliphatic rings. The van der Waals surface area contributed by atoms with Crippen molar-refractivity contribution in [2.45, 2.75) is 423 Å². The summed E-state index contributed by atoms with van der Waals surface area (Å²) in [6, 6.07) is 19.2. The summed E-state index contributed by atoms with van der Waals surface area (Å²) in [6.07, 6.45) is 78.1. The fourth-order valence-electron chi connectivity index (χ4n) is 14.3. The minimum absolute atomic E-state index is 0. The second-order valence-electron chi connectivity index (χ2n) is 28.4. The number of unbranched alkanes of at least 4 members (excludes halogenated alkanes) is 52. The van der Waals surface area contributed by atoms with Crippen LogP contribution in [-0.2, 0) is 45.9 Å². The second kappa shape index (κ2) is 59.6. The van der Waals surface area contributed by atoms with Crippen LogP contribution in [0.5, 0.6) is 0 Å². The van der Waals surface area contributed by atoms with Crippen molar-refractivity contribution in [3.8, 4) is 0 Å². The van der Waals surface area contributed by atoms with Crippen LogP contribution in [-0.4, -0.2) is 74.8 Å². The third-order valence-electron chi connectivity index (χ3n) is 20.1. The summed E-state index contributed by atoms with van der Waals surface area (Å²) in [7, 11) is -9.05. The van der Waals surface area contributed by atoms with Crippen LogP contribution in [0.3, 0.4) is 0 Å². The molecular formula is C84H142BaO6S2. The summed E-state index contributed by atoms with van der Waals surface area (Å²) in [5.74, 6) is 0. The molecule has 0 aliphatic carbocycles. The summed E-state index contributed by atoms with van der Waals surface area (Å²) in [5, 5.41) is 3.31. The maximum atomic E-state index is 12.3. The topological polar surface area (TPSA) is 114 Å². The molecule has 0 radical (unpaired) electrons. The van der Waals surface area contributed by atoms with E-state index in [0.717, 1.165) is 86.1 Å². The normalized spacial score (nSPS) is 11.8. The van der Waals surface area contributed by atoms with Gasteiger partial charge in [0, 0.05) is 10.8 Å². The van der Waals surface area contributed by atoms with Gasteiger partial charge in [0.25, 0.3) is 0 Å². The molecule has 4 aromatic carbocycles. The number of hydrogen-bond acceptors (Lipinski definition) is 6. The van der Waals surface area contributed by atoms with Crippen LogP contribution in [0, 0.1) is 0 Å². The average Bonchev–Trinajstić information content (AvgIpc) is 0.794. The van der Waals surface area contributed by atoms with Crippen molar-refractivity contribution in [1.29, 1.82) is 0 Å². The Morgan fingerprint density at radius 2 is 0.398 bits per heavy atom. The molecule has 0 amide bonds. The molecule has 4 aromatic rings. The van der Waals surface area contributed by atoms with Crippen molar-refractivity contribution in [3.63, 3.8) is 0 Å². The molecule has 0 heterocycles. The van der Waals surface area contributed by atoms with Gasteiger partial charge in [-0.05, 0) is 96.5 Å². The van der Waals surface area contributed by atoms with E-state index in [9.17, 15) is 25.9 Å². The van der Waals surface area contributed by atoms with Gasteiger partial charge in [-0.25, -0.2) is 16.8 Å². The number of fused-ring (bicyclic) bond motifs is 2. The number of aryl methyl sites for hydroxylation is 4. The van der Waals surface area contributed by atoms with Gasteiger partial charge in [-0.1, -0.05) is 410 Å². The van der Waals surface area contributed by atoms with Crippen molar-refractivity contribution < 1.29 is 25.9 Å². The molecule has 0 saturated carbocycles. The summed E-state index contributed by atoms with van der Waals surface area (Å²) < 4.78 is 73.5. The predicted molar refractivity (Wildman–Crippen MR) is 406 cm³/mol. The minimum atomic E-state index is -4.53. The van der Waals surface area contributed by atoms with Gasteiger partial charge in [-0.3, -0.25) is 0 Å². The molecule has 93 heavy (non-hydrogen) atoms. The molecule has 0 fully saturated rings. The Hall–Kier alpha value is -1.21. The largest absolute Gasteiger partial charge is 2.00 e. The van der Waals surface area contributed by atoms with Gasteiger partial charge in [-0.15, -0.1) is 0 Å². The first-order chi connectivity index (χ1) is 45.0. The number of benzene rings is 4. The first-order valence-electron chi connectivity index (χ1n) is 40.0. The van der Waals surface area contributed by atoms with Gasteiger partial charge >= 0.3 is 48.9 Å². The second-order valence-corrected chi connectivity index (χ2v) is 31.1. The van der Waals surface area contributed by atoms with E-state index in [4.69, 9.17) is 0 Å². The Bertz CT molecular complexity index is 2430. The summed E-state index contributed by atoms with van der Waals surface area (Å²) in [5.41, 5.74) is 4.41. The Morgan fingerprint density at radius 3 is 0.581 bits per heavy atom.